The number of nitrogens with one attached hydrogen (secondary N) is 2. The Morgan fingerprint density at radius 2 is 1.88 bits per heavy atom. The van der Waals surface area contributed by atoms with Gasteiger partial charge in [0.1, 0.15) is 17.5 Å². The molecule has 1 amide bonds. The highest BCUT2D eigenvalue weighted by Crippen LogP contribution is 2.16. The molecule has 0 fully saturated rings. The quantitative estimate of drug-likeness (QED) is 0.721. The van der Waals surface area contributed by atoms with Crippen LogP contribution in [0.5, 0.6) is 0 Å². The minimum Gasteiger partial charge on any atom is -0.365 e. The summed E-state index contributed by atoms with van der Waals surface area (Å²) in [6.07, 6.45) is 3.04. The Kier molecular flexibility index (Phi) is 5.20. The number of hydrogen-bond acceptors (Lipinski definition) is 4. The van der Waals surface area contributed by atoms with E-state index in [0.717, 1.165) is 5.56 Å². The molecular formula is C18H14ClFN4O. The highest BCUT2D eigenvalue weighted by molar-refractivity contribution is 6.30. The Bertz CT molecular complexity index is 869. The molecule has 0 aliphatic heterocycles. The number of nitrogens with zero attached hydrogens (tertiary/aromatic N) is 2. The molecule has 2 N–H and O–H groups in total. The topological polar surface area (TPSA) is 66.9 Å². The fourth-order valence-corrected chi connectivity index (χ4v) is 2.26. The highest BCUT2D eigenvalue weighted by Gasteiger charge is 2.13. The third kappa shape index (κ3) is 4.51. The van der Waals surface area contributed by atoms with Crippen molar-refractivity contribution in [2.24, 2.45) is 0 Å². The van der Waals surface area contributed by atoms with Crippen LogP contribution in [-0.4, -0.2) is 15.9 Å². The van der Waals surface area contributed by atoms with Crippen molar-refractivity contribution in [1.29, 1.82) is 0 Å². The van der Waals surface area contributed by atoms with Crippen LogP contribution in [0.2, 0.25) is 5.02 Å². The number of carbonyl (C=O) groups is 1. The van der Waals surface area contributed by atoms with Gasteiger partial charge in [-0.2, -0.15) is 0 Å². The molecule has 3 aromatic rings. The molecule has 7 heteroatoms. The molecule has 1 aromatic carbocycles. The van der Waals surface area contributed by atoms with Crippen LogP contribution in [0.4, 0.5) is 16.0 Å². The SMILES string of the molecule is O=C(Nc1ccc(Cl)cn1)c1cccnc1NCc1ccc(F)cc1. The summed E-state index contributed by atoms with van der Waals surface area (Å²) < 4.78 is 13.0. The van der Waals surface area contributed by atoms with Gasteiger partial charge in [0.05, 0.1) is 10.6 Å². The lowest BCUT2D eigenvalue weighted by Crippen LogP contribution is -2.16. The van der Waals surface area contributed by atoms with Crippen LogP contribution in [0.3, 0.4) is 0 Å². The van der Waals surface area contributed by atoms with E-state index in [2.05, 4.69) is 20.6 Å². The minimum absolute atomic E-state index is 0.294. The summed E-state index contributed by atoms with van der Waals surface area (Å²) in [5, 5.41) is 6.27. The molecule has 2 aromatic heterocycles. The van der Waals surface area contributed by atoms with Gasteiger partial charge in [-0.25, -0.2) is 14.4 Å². The first-order valence-corrected chi connectivity index (χ1v) is 7.86. The Morgan fingerprint density at radius 1 is 1.08 bits per heavy atom. The Hall–Kier alpha value is -2.99. The van der Waals surface area contributed by atoms with Gasteiger partial charge in [-0.1, -0.05) is 23.7 Å². The van der Waals surface area contributed by atoms with Crippen molar-refractivity contribution in [3.8, 4) is 0 Å². The number of rotatable bonds is 5. The lowest BCUT2D eigenvalue weighted by molar-refractivity contribution is 0.102. The number of carbonyl (C=O) groups excluding carboxylic acids is 1. The van der Waals surface area contributed by atoms with Gasteiger partial charge in [-0.3, -0.25) is 4.79 Å². The third-order valence-corrected chi connectivity index (χ3v) is 3.62. The molecule has 0 saturated carbocycles. The molecule has 0 atom stereocenters. The molecule has 0 aliphatic carbocycles. The van der Waals surface area contributed by atoms with Crippen LogP contribution in [0.15, 0.2) is 60.9 Å². The maximum Gasteiger partial charge on any atom is 0.260 e. The fraction of sp³-hybridized carbons (Fsp3) is 0.0556. The third-order valence-electron chi connectivity index (χ3n) is 3.39. The molecular weight excluding hydrogens is 343 g/mol. The Labute approximate surface area is 148 Å². The molecule has 0 saturated heterocycles. The average molecular weight is 357 g/mol. The summed E-state index contributed by atoms with van der Waals surface area (Å²) in [7, 11) is 0. The zero-order valence-electron chi connectivity index (χ0n) is 13.0. The van der Waals surface area contributed by atoms with Gasteiger partial charge in [-0.05, 0) is 42.0 Å². The number of pyridine rings is 2. The normalized spacial score (nSPS) is 10.3. The van der Waals surface area contributed by atoms with Crippen LogP contribution in [0.25, 0.3) is 0 Å². The van der Waals surface area contributed by atoms with Crippen LogP contribution in [0, 0.1) is 5.82 Å². The van der Waals surface area contributed by atoms with E-state index in [4.69, 9.17) is 11.6 Å². The van der Waals surface area contributed by atoms with Crippen molar-refractivity contribution in [1.82, 2.24) is 9.97 Å². The zero-order valence-corrected chi connectivity index (χ0v) is 13.8. The van der Waals surface area contributed by atoms with E-state index in [1.165, 1.54) is 18.3 Å². The van der Waals surface area contributed by atoms with E-state index >= 15 is 0 Å². The second-order valence-corrected chi connectivity index (χ2v) is 5.63. The van der Waals surface area contributed by atoms with Crippen LogP contribution >= 0.6 is 11.6 Å². The second-order valence-electron chi connectivity index (χ2n) is 5.20. The van der Waals surface area contributed by atoms with E-state index in [1.807, 2.05) is 0 Å². The van der Waals surface area contributed by atoms with Crippen molar-refractivity contribution >= 4 is 29.1 Å². The molecule has 0 unspecified atom stereocenters. The first kappa shape index (κ1) is 16.9. The van der Waals surface area contributed by atoms with Crippen molar-refractivity contribution in [3.05, 3.63) is 82.9 Å². The van der Waals surface area contributed by atoms with Crippen molar-refractivity contribution in [3.63, 3.8) is 0 Å². The average Bonchev–Trinajstić information content (AvgIpc) is 2.63. The highest BCUT2D eigenvalue weighted by atomic mass is 35.5. The van der Waals surface area contributed by atoms with E-state index in [-0.39, 0.29) is 11.7 Å². The zero-order chi connectivity index (χ0) is 17.6. The predicted molar refractivity (Wildman–Crippen MR) is 95.2 cm³/mol. The molecule has 2 heterocycles. The summed E-state index contributed by atoms with van der Waals surface area (Å²) in [6, 6.07) is 12.7. The van der Waals surface area contributed by atoms with Gasteiger partial charge in [0.25, 0.3) is 5.91 Å². The first-order chi connectivity index (χ1) is 12.1. The van der Waals surface area contributed by atoms with Crippen molar-refractivity contribution in [2.75, 3.05) is 10.6 Å². The Morgan fingerprint density at radius 3 is 2.60 bits per heavy atom. The number of aromatic nitrogens is 2. The lowest BCUT2D eigenvalue weighted by Gasteiger charge is -2.11. The Balaban J connectivity index is 1.72. The van der Waals surface area contributed by atoms with Crippen LogP contribution < -0.4 is 10.6 Å². The lowest BCUT2D eigenvalue weighted by atomic mass is 10.2. The van der Waals surface area contributed by atoms with E-state index in [1.54, 1.807) is 42.6 Å². The molecule has 0 spiro atoms. The second kappa shape index (κ2) is 7.72. The van der Waals surface area contributed by atoms with Crippen LogP contribution in [0.1, 0.15) is 15.9 Å². The summed E-state index contributed by atoms with van der Waals surface area (Å²) in [4.78, 5) is 20.7. The molecule has 25 heavy (non-hydrogen) atoms. The number of benzene rings is 1. The summed E-state index contributed by atoms with van der Waals surface area (Å²) in [5.74, 6) is 0.183. The van der Waals surface area contributed by atoms with Crippen molar-refractivity contribution in [2.45, 2.75) is 6.54 Å². The molecule has 0 radical (unpaired) electrons. The standard InChI is InChI=1S/C18H14ClFN4O/c19-13-5-8-16(22-11-13)24-18(25)15-2-1-9-21-17(15)23-10-12-3-6-14(20)7-4-12/h1-9,11H,10H2,(H,21,23)(H,22,24,25). The summed E-state index contributed by atoms with van der Waals surface area (Å²) in [5.41, 5.74) is 1.25. The van der Waals surface area contributed by atoms with Gasteiger partial charge >= 0.3 is 0 Å². The van der Waals surface area contributed by atoms with Crippen molar-refractivity contribution < 1.29 is 9.18 Å². The van der Waals surface area contributed by atoms with Gasteiger partial charge in [0.2, 0.25) is 0 Å². The van der Waals surface area contributed by atoms with E-state index in [9.17, 15) is 9.18 Å². The van der Waals surface area contributed by atoms with Crippen LogP contribution in [-0.2, 0) is 6.54 Å². The van der Waals surface area contributed by atoms with E-state index < -0.39 is 0 Å². The molecule has 3 rings (SSSR count). The molecule has 0 bridgehead atoms. The summed E-state index contributed by atoms with van der Waals surface area (Å²) >= 11 is 5.78. The number of anilines is 2. The maximum absolute atomic E-state index is 13.0. The smallest absolute Gasteiger partial charge is 0.260 e. The van der Waals surface area contributed by atoms with Gasteiger partial charge in [0.15, 0.2) is 0 Å². The first-order valence-electron chi connectivity index (χ1n) is 7.48. The minimum atomic E-state index is -0.343. The summed E-state index contributed by atoms with van der Waals surface area (Å²) in [6.45, 7) is 0.413. The number of amides is 1. The predicted octanol–water partition coefficient (Wildman–Crippen LogP) is 4.13. The van der Waals surface area contributed by atoms with Gasteiger partial charge in [0, 0.05) is 18.9 Å². The monoisotopic (exact) mass is 356 g/mol. The van der Waals surface area contributed by atoms with Gasteiger partial charge < -0.3 is 10.6 Å². The largest absolute Gasteiger partial charge is 0.365 e. The molecule has 5 nitrogen and oxygen atoms in total. The molecule has 126 valence electrons. The van der Waals surface area contributed by atoms with E-state index in [0.29, 0.717) is 28.8 Å². The maximum atomic E-state index is 13.0. The fourth-order valence-electron chi connectivity index (χ4n) is 2.15. The number of halogens is 2. The van der Waals surface area contributed by atoms with Gasteiger partial charge in [-0.15, -0.1) is 0 Å². The number of hydrogen-bond donors (Lipinski definition) is 2. The molecule has 0 aliphatic rings.